The number of piperidine rings is 1. The smallest absolute Gasteiger partial charge is 0.00418 e. The van der Waals surface area contributed by atoms with Crippen molar-refractivity contribution in [1.82, 2.24) is 10.2 Å². The first-order chi connectivity index (χ1) is 7.11. The maximum atomic E-state index is 3.52. The Labute approximate surface area is 95.4 Å². The predicted molar refractivity (Wildman–Crippen MR) is 67.1 cm³/mol. The largest absolute Gasteiger partial charge is 0.314 e. The molecule has 0 aromatic carbocycles. The highest BCUT2D eigenvalue weighted by Crippen LogP contribution is 2.17. The first kappa shape index (κ1) is 13.0. The molecule has 1 aliphatic rings. The van der Waals surface area contributed by atoms with Gasteiger partial charge in [-0.15, -0.1) is 0 Å². The van der Waals surface area contributed by atoms with E-state index in [4.69, 9.17) is 0 Å². The molecule has 1 saturated heterocycles. The standard InChI is InChI=1S/C13H28N2/c1-5-11(2)9-15(4)10-13-6-7-14-12(3)8-13/h11-14H,5-10H2,1-4H3. The van der Waals surface area contributed by atoms with E-state index in [2.05, 4.69) is 38.0 Å². The van der Waals surface area contributed by atoms with Crippen LogP contribution in [0.25, 0.3) is 0 Å². The van der Waals surface area contributed by atoms with Crippen LogP contribution in [0.1, 0.15) is 40.0 Å². The molecule has 0 aromatic rings. The highest BCUT2D eigenvalue weighted by atomic mass is 15.1. The van der Waals surface area contributed by atoms with E-state index in [9.17, 15) is 0 Å². The molecule has 0 bridgehead atoms. The minimum Gasteiger partial charge on any atom is -0.314 e. The molecule has 15 heavy (non-hydrogen) atoms. The summed E-state index contributed by atoms with van der Waals surface area (Å²) in [4.78, 5) is 2.52. The molecule has 3 unspecified atom stereocenters. The van der Waals surface area contributed by atoms with Gasteiger partial charge in [-0.2, -0.15) is 0 Å². The summed E-state index contributed by atoms with van der Waals surface area (Å²) in [5.41, 5.74) is 0. The van der Waals surface area contributed by atoms with Gasteiger partial charge in [0.25, 0.3) is 0 Å². The highest BCUT2D eigenvalue weighted by Gasteiger charge is 2.19. The molecule has 1 rings (SSSR count). The zero-order valence-corrected chi connectivity index (χ0v) is 10.9. The molecule has 0 amide bonds. The lowest BCUT2D eigenvalue weighted by molar-refractivity contribution is 0.201. The Morgan fingerprint density at radius 1 is 1.47 bits per heavy atom. The van der Waals surface area contributed by atoms with Crippen LogP contribution in [0.5, 0.6) is 0 Å². The van der Waals surface area contributed by atoms with Gasteiger partial charge in [-0.05, 0) is 45.2 Å². The highest BCUT2D eigenvalue weighted by molar-refractivity contribution is 4.77. The van der Waals surface area contributed by atoms with Crippen molar-refractivity contribution in [2.75, 3.05) is 26.7 Å². The number of rotatable bonds is 5. The third-order valence-corrected chi connectivity index (χ3v) is 3.62. The van der Waals surface area contributed by atoms with E-state index in [1.165, 1.54) is 38.9 Å². The molecule has 90 valence electrons. The lowest BCUT2D eigenvalue weighted by Gasteiger charge is -2.32. The number of nitrogens with zero attached hydrogens (tertiary/aromatic N) is 1. The van der Waals surface area contributed by atoms with Gasteiger partial charge in [-0.25, -0.2) is 0 Å². The number of hydrogen-bond donors (Lipinski definition) is 1. The molecule has 1 N–H and O–H groups in total. The molecule has 1 fully saturated rings. The van der Waals surface area contributed by atoms with Gasteiger partial charge in [-0.3, -0.25) is 0 Å². The van der Waals surface area contributed by atoms with Crippen LogP contribution >= 0.6 is 0 Å². The Bertz CT molecular complexity index is 170. The van der Waals surface area contributed by atoms with Crippen molar-refractivity contribution in [3.63, 3.8) is 0 Å². The lowest BCUT2D eigenvalue weighted by Crippen LogP contribution is -2.40. The second-order valence-corrected chi connectivity index (χ2v) is 5.48. The molecule has 0 aliphatic carbocycles. The third-order valence-electron chi connectivity index (χ3n) is 3.62. The molecule has 0 radical (unpaired) electrons. The van der Waals surface area contributed by atoms with Gasteiger partial charge in [0.1, 0.15) is 0 Å². The Hall–Kier alpha value is -0.0800. The van der Waals surface area contributed by atoms with Gasteiger partial charge in [0, 0.05) is 19.1 Å². The van der Waals surface area contributed by atoms with Crippen LogP contribution in [0.2, 0.25) is 0 Å². The fraction of sp³-hybridized carbons (Fsp3) is 1.00. The zero-order chi connectivity index (χ0) is 11.3. The fourth-order valence-electron chi connectivity index (χ4n) is 2.58. The van der Waals surface area contributed by atoms with E-state index in [1.54, 1.807) is 0 Å². The van der Waals surface area contributed by atoms with Gasteiger partial charge in [-0.1, -0.05) is 20.3 Å². The van der Waals surface area contributed by atoms with Crippen LogP contribution in [-0.2, 0) is 0 Å². The monoisotopic (exact) mass is 212 g/mol. The lowest BCUT2D eigenvalue weighted by atomic mass is 9.92. The molecule has 0 spiro atoms. The van der Waals surface area contributed by atoms with E-state index in [-0.39, 0.29) is 0 Å². The molecule has 1 aliphatic heterocycles. The molecule has 1 heterocycles. The van der Waals surface area contributed by atoms with Crippen LogP contribution in [-0.4, -0.2) is 37.6 Å². The van der Waals surface area contributed by atoms with Gasteiger partial charge in [0.05, 0.1) is 0 Å². The summed E-state index contributed by atoms with van der Waals surface area (Å²) in [7, 11) is 2.28. The second kappa shape index (κ2) is 6.49. The molecule has 0 aromatic heterocycles. The zero-order valence-electron chi connectivity index (χ0n) is 10.9. The van der Waals surface area contributed by atoms with Crippen molar-refractivity contribution in [3.8, 4) is 0 Å². The number of hydrogen-bond acceptors (Lipinski definition) is 2. The van der Waals surface area contributed by atoms with Gasteiger partial charge < -0.3 is 10.2 Å². The summed E-state index contributed by atoms with van der Waals surface area (Å²) in [5, 5.41) is 3.52. The average Bonchev–Trinajstić information content (AvgIpc) is 2.17. The van der Waals surface area contributed by atoms with E-state index in [1.807, 2.05) is 0 Å². The quantitative estimate of drug-likeness (QED) is 0.752. The van der Waals surface area contributed by atoms with Gasteiger partial charge >= 0.3 is 0 Å². The van der Waals surface area contributed by atoms with Crippen LogP contribution < -0.4 is 5.32 Å². The van der Waals surface area contributed by atoms with E-state index in [0.29, 0.717) is 0 Å². The van der Waals surface area contributed by atoms with Crippen LogP contribution in [0, 0.1) is 11.8 Å². The topological polar surface area (TPSA) is 15.3 Å². The Balaban J connectivity index is 2.21. The third kappa shape index (κ3) is 4.98. The van der Waals surface area contributed by atoms with Gasteiger partial charge in [0.2, 0.25) is 0 Å². The first-order valence-corrected chi connectivity index (χ1v) is 6.53. The minimum atomic E-state index is 0.723. The van der Waals surface area contributed by atoms with Crippen molar-refractivity contribution in [2.24, 2.45) is 11.8 Å². The minimum absolute atomic E-state index is 0.723. The molecule has 2 nitrogen and oxygen atoms in total. The summed E-state index contributed by atoms with van der Waals surface area (Å²) in [6.45, 7) is 10.7. The van der Waals surface area contributed by atoms with E-state index >= 15 is 0 Å². The maximum absolute atomic E-state index is 3.52. The summed E-state index contributed by atoms with van der Waals surface area (Å²) in [6.07, 6.45) is 4.01. The van der Waals surface area contributed by atoms with Crippen molar-refractivity contribution >= 4 is 0 Å². The fourth-order valence-corrected chi connectivity index (χ4v) is 2.58. The summed E-state index contributed by atoms with van der Waals surface area (Å²) < 4.78 is 0. The van der Waals surface area contributed by atoms with Crippen LogP contribution in [0.3, 0.4) is 0 Å². The summed E-state index contributed by atoms with van der Waals surface area (Å²) in [6, 6.07) is 0.723. The first-order valence-electron chi connectivity index (χ1n) is 6.53. The number of nitrogens with one attached hydrogen (secondary N) is 1. The Morgan fingerprint density at radius 3 is 2.80 bits per heavy atom. The van der Waals surface area contributed by atoms with Crippen molar-refractivity contribution in [2.45, 2.75) is 46.1 Å². The van der Waals surface area contributed by atoms with Crippen molar-refractivity contribution < 1.29 is 0 Å². The SMILES string of the molecule is CCC(C)CN(C)CC1CCNC(C)C1. The molecular formula is C13H28N2. The van der Waals surface area contributed by atoms with Crippen molar-refractivity contribution in [3.05, 3.63) is 0 Å². The van der Waals surface area contributed by atoms with Crippen molar-refractivity contribution in [1.29, 1.82) is 0 Å². The van der Waals surface area contributed by atoms with Crippen LogP contribution in [0.15, 0.2) is 0 Å². The normalized spacial score (nSPS) is 29.4. The molecule has 3 atom stereocenters. The Kier molecular flexibility index (Phi) is 5.62. The molecule has 0 saturated carbocycles. The van der Waals surface area contributed by atoms with Gasteiger partial charge in [0.15, 0.2) is 0 Å². The molecule has 2 heteroatoms. The second-order valence-electron chi connectivity index (χ2n) is 5.48. The maximum Gasteiger partial charge on any atom is 0.00418 e. The predicted octanol–water partition coefficient (Wildman–Crippen LogP) is 2.35. The summed E-state index contributed by atoms with van der Waals surface area (Å²) in [5.74, 6) is 1.75. The Morgan fingerprint density at radius 2 is 2.20 bits per heavy atom. The van der Waals surface area contributed by atoms with Crippen LogP contribution in [0.4, 0.5) is 0 Å². The molecular weight excluding hydrogens is 184 g/mol. The average molecular weight is 212 g/mol. The van der Waals surface area contributed by atoms with E-state index < -0.39 is 0 Å². The van der Waals surface area contributed by atoms with E-state index in [0.717, 1.165) is 17.9 Å². The summed E-state index contributed by atoms with van der Waals surface area (Å²) >= 11 is 0.